The van der Waals surface area contributed by atoms with Gasteiger partial charge in [0.05, 0.1) is 13.2 Å². The second kappa shape index (κ2) is 9.64. The van der Waals surface area contributed by atoms with Gasteiger partial charge in [0.15, 0.2) is 6.29 Å². The topological polar surface area (TPSA) is 18.5 Å². The van der Waals surface area contributed by atoms with Crippen LogP contribution in [0.2, 0.25) is 5.02 Å². The number of halogens is 1. The fourth-order valence-electron chi connectivity index (χ4n) is 1.17. The van der Waals surface area contributed by atoms with Gasteiger partial charge < -0.3 is 9.47 Å². The zero-order chi connectivity index (χ0) is 12.4. The molecule has 2 nitrogen and oxygen atoms in total. The second-order valence-corrected chi connectivity index (χ2v) is 3.06. The van der Waals surface area contributed by atoms with E-state index >= 15 is 0 Å². The molecule has 92 valence electrons. The number of benzene rings is 1. The van der Waals surface area contributed by atoms with Gasteiger partial charge in [-0.1, -0.05) is 51.4 Å². The van der Waals surface area contributed by atoms with E-state index in [4.69, 9.17) is 21.1 Å². The summed E-state index contributed by atoms with van der Waals surface area (Å²) in [6, 6.07) is 7.50. The summed E-state index contributed by atoms with van der Waals surface area (Å²) in [5.41, 5.74) is 1.02. The maximum absolute atomic E-state index is 5.74. The maximum Gasteiger partial charge on any atom is 0.184 e. The van der Waals surface area contributed by atoms with E-state index in [1.807, 2.05) is 52.0 Å². The lowest BCUT2D eigenvalue weighted by molar-refractivity contribution is -0.0441. The molecule has 0 radical (unpaired) electrons. The van der Waals surface area contributed by atoms with Gasteiger partial charge in [-0.15, -0.1) is 0 Å². The molecule has 0 atom stereocenters. The fraction of sp³-hybridized carbons (Fsp3) is 0.538. The highest BCUT2D eigenvalue weighted by Gasteiger charge is 2.17. The highest BCUT2D eigenvalue weighted by Crippen LogP contribution is 2.23. The summed E-state index contributed by atoms with van der Waals surface area (Å²) in [4.78, 5) is 0. The van der Waals surface area contributed by atoms with Crippen molar-refractivity contribution in [2.75, 3.05) is 13.2 Å². The van der Waals surface area contributed by atoms with E-state index in [-0.39, 0.29) is 6.29 Å². The molecule has 2 rings (SSSR count). The molecule has 1 saturated heterocycles. The molecule has 1 aromatic rings. The third kappa shape index (κ3) is 4.97. The van der Waals surface area contributed by atoms with Gasteiger partial charge in [0.25, 0.3) is 0 Å². The van der Waals surface area contributed by atoms with Gasteiger partial charge in [-0.3, -0.25) is 0 Å². The van der Waals surface area contributed by atoms with Crippen LogP contribution in [0.25, 0.3) is 0 Å². The van der Waals surface area contributed by atoms with Gasteiger partial charge >= 0.3 is 0 Å². The third-order valence-corrected chi connectivity index (χ3v) is 2.02. The van der Waals surface area contributed by atoms with Crippen LogP contribution in [0.5, 0.6) is 0 Å². The van der Waals surface area contributed by atoms with Crippen molar-refractivity contribution in [3.8, 4) is 0 Å². The van der Waals surface area contributed by atoms with Crippen LogP contribution in [-0.2, 0) is 9.47 Å². The Morgan fingerprint density at radius 2 is 1.38 bits per heavy atom. The van der Waals surface area contributed by atoms with Crippen LogP contribution in [0, 0.1) is 0 Å². The number of rotatable bonds is 1. The van der Waals surface area contributed by atoms with Crippen LogP contribution >= 0.6 is 11.6 Å². The molecule has 0 unspecified atom stereocenters. The van der Waals surface area contributed by atoms with Gasteiger partial charge in [0, 0.05) is 10.6 Å². The Kier molecular flexibility index (Phi) is 9.30. The Labute approximate surface area is 104 Å². The van der Waals surface area contributed by atoms with E-state index < -0.39 is 0 Å². The molecule has 1 fully saturated rings. The quantitative estimate of drug-likeness (QED) is 0.727. The normalized spacial score (nSPS) is 14.6. The molecule has 0 aromatic heterocycles. The smallest absolute Gasteiger partial charge is 0.184 e. The van der Waals surface area contributed by atoms with Crippen molar-refractivity contribution < 1.29 is 9.47 Å². The lowest BCUT2D eigenvalue weighted by Gasteiger charge is -2.08. The zero-order valence-corrected chi connectivity index (χ0v) is 11.3. The lowest BCUT2D eigenvalue weighted by atomic mass is 10.2. The van der Waals surface area contributed by atoms with Crippen molar-refractivity contribution in [1.29, 1.82) is 0 Å². The average Bonchev–Trinajstić information content (AvgIpc) is 2.89. The molecular formula is C13H21ClO2. The molecule has 0 N–H and O–H groups in total. The number of hydrogen-bond acceptors (Lipinski definition) is 2. The second-order valence-electron chi connectivity index (χ2n) is 2.63. The van der Waals surface area contributed by atoms with Gasteiger partial charge in [-0.2, -0.15) is 0 Å². The van der Waals surface area contributed by atoms with Gasteiger partial charge in [0.1, 0.15) is 0 Å². The Morgan fingerprint density at radius 1 is 0.938 bits per heavy atom. The minimum Gasteiger partial charge on any atom is -0.346 e. The summed E-state index contributed by atoms with van der Waals surface area (Å²) in [6.07, 6.45) is -0.192. The van der Waals surface area contributed by atoms with Crippen LogP contribution in [-0.4, -0.2) is 13.2 Å². The average molecular weight is 245 g/mol. The van der Waals surface area contributed by atoms with Crippen LogP contribution in [0.1, 0.15) is 39.5 Å². The SMILES string of the molecule is CC.CC.Clc1ccc(C2OCCO2)cc1. The minimum atomic E-state index is -0.192. The van der Waals surface area contributed by atoms with E-state index in [0.29, 0.717) is 13.2 Å². The summed E-state index contributed by atoms with van der Waals surface area (Å²) in [5, 5.41) is 0.733. The molecule has 3 heteroatoms. The van der Waals surface area contributed by atoms with Crippen molar-refractivity contribution in [3.05, 3.63) is 34.9 Å². The van der Waals surface area contributed by atoms with Crippen LogP contribution < -0.4 is 0 Å². The molecule has 1 aromatic carbocycles. The molecule has 1 aliphatic rings. The highest BCUT2D eigenvalue weighted by molar-refractivity contribution is 6.30. The van der Waals surface area contributed by atoms with E-state index in [2.05, 4.69) is 0 Å². The number of hydrogen-bond donors (Lipinski definition) is 0. The summed E-state index contributed by atoms with van der Waals surface area (Å²) in [6.45, 7) is 9.35. The predicted octanol–water partition coefficient (Wildman–Crippen LogP) is 4.44. The van der Waals surface area contributed by atoms with Gasteiger partial charge in [-0.05, 0) is 12.1 Å². The number of ether oxygens (including phenoxy) is 2. The predicted molar refractivity (Wildman–Crippen MR) is 68.8 cm³/mol. The summed E-state index contributed by atoms with van der Waals surface area (Å²) in [5.74, 6) is 0. The van der Waals surface area contributed by atoms with Crippen molar-refractivity contribution >= 4 is 11.6 Å². The minimum absolute atomic E-state index is 0.192. The van der Waals surface area contributed by atoms with Crippen LogP contribution in [0.15, 0.2) is 24.3 Å². The fourth-order valence-corrected chi connectivity index (χ4v) is 1.30. The molecule has 0 bridgehead atoms. The summed E-state index contributed by atoms with van der Waals surface area (Å²) < 4.78 is 10.6. The van der Waals surface area contributed by atoms with Gasteiger partial charge in [0.2, 0.25) is 0 Å². The van der Waals surface area contributed by atoms with Gasteiger partial charge in [-0.25, -0.2) is 0 Å². The van der Waals surface area contributed by atoms with Crippen LogP contribution in [0.3, 0.4) is 0 Å². The lowest BCUT2D eigenvalue weighted by Crippen LogP contribution is -1.96. The van der Waals surface area contributed by atoms with E-state index in [9.17, 15) is 0 Å². The standard InChI is InChI=1S/C9H9ClO2.2C2H6/c10-8-3-1-7(2-4-8)9-11-5-6-12-9;2*1-2/h1-4,9H,5-6H2;2*1-2H3. The Bertz CT molecular complexity index is 253. The maximum atomic E-state index is 5.74. The van der Waals surface area contributed by atoms with E-state index in [0.717, 1.165) is 10.6 Å². The zero-order valence-electron chi connectivity index (χ0n) is 10.5. The molecule has 16 heavy (non-hydrogen) atoms. The molecule has 1 aliphatic heterocycles. The first-order chi connectivity index (χ1) is 7.86. The Balaban J connectivity index is 0.000000509. The monoisotopic (exact) mass is 244 g/mol. The van der Waals surface area contributed by atoms with Crippen molar-refractivity contribution in [3.63, 3.8) is 0 Å². The van der Waals surface area contributed by atoms with E-state index in [1.54, 1.807) is 0 Å². The first-order valence-corrected chi connectivity index (χ1v) is 6.23. The largest absolute Gasteiger partial charge is 0.346 e. The molecule has 0 aliphatic carbocycles. The van der Waals surface area contributed by atoms with E-state index in [1.165, 1.54) is 0 Å². The molecule has 1 heterocycles. The molecule has 0 saturated carbocycles. The Hall–Kier alpha value is -0.570. The summed E-state index contributed by atoms with van der Waals surface area (Å²) >= 11 is 5.74. The molecule has 0 spiro atoms. The molecular weight excluding hydrogens is 224 g/mol. The first kappa shape index (κ1) is 15.4. The summed E-state index contributed by atoms with van der Waals surface area (Å²) in [7, 11) is 0. The van der Waals surface area contributed by atoms with Crippen LogP contribution in [0.4, 0.5) is 0 Å². The highest BCUT2D eigenvalue weighted by atomic mass is 35.5. The first-order valence-electron chi connectivity index (χ1n) is 5.85. The van der Waals surface area contributed by atoms with Crippen molar-refractivity contribution in [1.82, 2.24) is 0 Å². The molecule has 0 amide bonds. The Morgan fingerprint density at radius 3 is 1.81 bits per heavy atom. The van der Waals surface area contributed by atoms with Crippen molar-refractivity contribution in [2.45, 2.75) is 34.0 Å². The van der Waals surface area contributed by atoms with Crippen molar-refractivity contribution in [2.24, 2.45) is 0 Å². The third-order valence-electron chi connectivity index (χ3n) is 1.76.